The van der Waals surface area contributed by atoms with E-state index < -0.39 is 32.5 Å². The number of thiazole rings is 1. The Hall–Kier alpha value is -3.51. The Bertz CT molecular complexity index is 1680. The molecule has 0 bridgehead atoms. The van der Waals surface area contributed by atoms with Crippen molar-refractivity contribution < 1.29 is 17.5 Å². The third-order valence-electron chi connectivity index (χ3n) is 5.24. The highest BCUT2D eigenvalue weighted by Crippen LogP contribution is 2.44. The van der Waals surface area contributed by atoms with E-state index in [1.807, 2.05) is 20.8 Å². The minimum Gasteiger partial charge on any atom is -0.496 e. The summed E-state index contributed by atoms with van der Waals surface area (Å²) in [5, 5.41) is 0.191. The van der Waals surface area contributed by atoms with Gasteiger partial charge in [-0.3, -0.25) is 19.1 Å². The molecule has 12 heteroatoms. The summed E-state index contributed by atoms with van der Waals surface area (Å²) in [5.41, 5.74) is -0.146. The van der Waals surface area contributed by atoms with E-state index in [0.29, 0.717) is 27.1 Å². The van der Waals surface area contributed by atoms with Crippen LogP contribution in [0.25, 0.3) is 27.0 Å². The molecule has 0 atom stereocenters. The summed E-state index contributed by atoms with van der Waals surface area (Å²) in [6.45, 7) is 5.80. The van der Waals surface area contributed by atoms with Crippen molar-refractivity contribution in [2.24, 2.45) is 0 Å². The lowest BCUT2D eigenvalue weighted by atomic mass is 9.83. The molecule has 2 N–H and O–H groups in total. The van der Waals surface area contributed by atoms with Gasteiger partial charge in [0.2, 0.25) is 10.0 Å². The molecule has 184 valence electrons. The van der Waals surface area contributed by atoms with Crippen LogP contribution in [0.1, 0.15) is 26.3 Å². The number of benzene rings is 2. The highest BCUT2D eigenvalue weighted by atomic mass is 32.2. The number of anilines is 1. The number of nitrogens with one attached hydrogen (secondary N) is 2. The van der Waals surface area contributed by atoms with Crippen molar-refractivity contribution in [3.63, 3.8) is 0 Å². The van der Waals surface area contributed by atoms with E-state index >= 15 is 4.39 Å². The van der Waals surface area contributed by atoms with Crippen LogP contribution in [0.5, 0.6) is 5.75 Å². The first-order chi connectivity index (χ1) is 16.3. The topological polar surface area (TPSA) is 123 Å². The molecule has 4 aromatic rings. The Morgan fingerprint density at radius 3 is 2.49 bits per heavy atom. The van der Waals surface area contributed by atoms with Crippen LogP contribution in [0.2, 0.25) is 0 Å². The van der Waals surface area contributed by atoms with Crippen LogP contribution in [0.15, 0.2) is 46.1 Å². The second-order valence-electron chi connectivity index (χ2n) is 8.97. The Kier molecular flexibility index (Phi) is 6.05. The zero-order valence-corrected chi connectivity index (χ0v) is 21.2. The Balaban J connectivity index is 2.03. The first kappa shape index (κ1) is 24.6. The Labute approximate surface area is 204 Å². The number of sulfonamides is 1. The van der Waals surface area contributed by atoms with Crippen LogP contribution in [0, 0.1) is 5.82 Å². The number of aromatic amines is 1. The lowest BCUT2D eigenvalue weighted by molar-refractivity contribution is 0.396. The third kappa shape index (κ3) is 4.84. The number of fused-ring (bicyclic) bond motifs is 1. The zero-order chi connectivity index (χ0) is 25.7. The molecule has 0 saturated heterocycles. The number of aromatic nitrogens is 3. The minimum atomic E-state index is -3.51. The molecule has 9 nitrogen and oxygen atoms in total. The molecule has 0 unspecified atom stereocenters. The van der Waals surface area contributed by atoms with Gasteiger partial charge in [-0.15, -0.1) is 0 Å². The van der Waals surface area contributed by atoms with Crippen molar-refractivity contribution in [1.29, 1.82) is 0 Å². The lowest BCUT2D eigenvalue weighted by Gasteiger charge is -2.26. The van der Waals surface area contributed by atoms with Crippen LogP contribution in [0.3, 0.4) is 0 Å². The van der Waals surface area contributed by atoms with Crippen LogP contribution >= 0.6 is 11.3 Å². The average Bonchev–Trinajstić information content (AvgIpc) is 3.12. The smallest absolute Gasteiger partial charge is 0.333 e. The lowest BCUT2D eigenvalue weighted by Crippen LogP contribution is -2.28. The minimum absolute atomic E-state index is 0.0455. The van der Waals surface area contributed by atoms with Gasteiger partial charge < -0.3 is 4.74 Å². The van der Waals surface area contributed by atoms with E-state index in [0.717, 1.165) is 28.2 Å². The summed E-state index contributed by atoms with van der Waals surface area (Å²) in [5.74, 6) is -0.420. The molecular formula is C23H23FN4O5S2. The van der Waals surface area contributed by atoms with E-state index in [2.05, 4.69) is 14.7 Å². The zero-order valence-electron chi connectivity index (χ0n) is 19.6. The van der Waals surface area contributed by atoms with E-state index in [9.17, 15) is 18.0 Å². The fourth-order valence-electron chi connectivity index (χ4n) is 3.72. The number of hydrogen-bond acceptors (Lipinski definition) is 7. The number of methoxy groups -OCH3 is 1. The summed E-state index contributed by atoms with van der Waals surface area (Å²) in [6, 6.07) is 7.67. The fourth-order valence-corrected chi connectivity index (χ4v) is 5.46. The number of halogens is 1. The van der Waals surface area contributed by atoms with Gasteiger partial charge in [0.1, 0.15) is 5.75 Å². The normalized spacial score (nSPS) is 12.2. The van der Waals surface area contributed by atoms with Crippen molar-refractivity contribution >= 4 is 36.7 Å². The largest absolute Gasteiger partial charge is 0.496 e. The van der Waals surface area contributed by atoms with E-state index in [4.69, 9.17) is 4.74 Å². The average molecular weight is 519 g/mol. The molecular weight excluding hydrogens is 495 g/mol. The highest BCUT2D eigenvalue weighted by molar-refractivity contribution is 7.92. The molecule has 0 fully saturated rings. The van der Waals surface area contributed by atoms with Crippen LogP contribution in [-0.4, -0.2) is 36.3 Å². The van der Waals surface area contributed by atoms with Crippen LogP contribution in [-0.2, 0) is 15.4 Å². The molecule has 0 aliphatic rings. The van der Waals surface area contributed by atoms with Gasteiger partial charge in [-0.1, -0.05) is 38.2 Å². The van der Waals surface area contributed by atoms with E-state index in [1.54, 1.807) is 18.2 Å². The van der Waals surface area contributed by atoms with Gasteiger partial charge in [0.05, 0.1) is 34.8 Å². The molecule has 2 aromatic carbocycles. The maximum atomic E-state index is 16.1. The van der Waals surface area contributed by atoms with Crippen molar-refractivity contribution in [2.75, 3.05) is 18.1 Å². The summed E-state index contributed by atoms with van der Waals surface area (Å²) in [6.07, 6.45) is 2.25. The van der Waals surface area contributed by atoms with E-state index in [1.165, 1.54) is 19.4 Å². The molecule has 2 heterocycles. The molecule has 4 rings (SSSR count). The molecule has 0 spiro atoms. The first-order valence-electron chi connectivity index (χ1n) is 10.4. The molecule has 0 aliphatic heterocycles. The highest BCUT2D eigenvalue weighted by Gasteiger charge is 2.28. The number of ether oxygens (including phenoxy) is 1. The summed E-state index contributed by atoms with van der Waals surface area (Å²) >= 11 is 1.11. The Morgan fingerprint density at radius 2 is 1.89 bits per heavy atom. The summed E-state index contributed by atoms with van der Waals surface area (Å²) in [7, 11) is -2.07. The van der Waals surface area contributed by atoms with Crippen molar-refractivity contribution in [1.82, 2.24) is 14.5 Å². The second kappa shape index (κ2) is 8.61. The SMILES string of the molecule is COc1c(C(C)(C)C)cc(-n2ccc(=O)[nH]c2=O)c(F)c1-c1ccc2nc(NS(C)(=O)=O)sc2c1. The van der Waals surface area contributed by atoms with E-state index in [-0.39, 0.29) is 16.4 Å². The number of nitrogens with zero attached hydrogens (tertiary/aromatic N) is 2. The van der Waals surface area contributed by atoms with Gasteiger partial charge in [0.25, 0.3) is 5.56 Å². The maximum Gasteiger partial charge on any atom is 0.333 e. The summed E-state index contributed by atoms with van der Waals surface area (Å²) < 4.78 is 49.0. The van der Waals surface area contributed by atoms with Crippen molar-refractivity contribution in [2.45, 2.75) is 26.2 Å². The maximum absolute atomic E-state index is 16.1. The van der Waals surface area contributed by atoms with Gasteiger partial charge in [-0.2, -0.15) is 0 Å². The van der Waals surface area contributed by atoms with Gasteiger partial charge in [-0.25, -0.2) is 22.6 Å². The van der Waals surface area contributed by atoms with Gasteiger partial charge in [-0.05, 0) is 29.2 Å². The van der Waals surface area contributed by atoms with Crippen LogP contribution in [0.4, 0.5) is 9.52 Å². The Morgan fingerprint density at radius 1 is 1.17 bits per heavy atom. The number of rotatable bonds is 5. The predicted octanol–water partition coefficient (Wildman–Crippen LogP) is 3.62. The van der Waals surface area contributed by atoms with Crippen molar-refractivity contribution in [3.8, 4) is 22.6 Å². The van der Waals surface area contributed by atoms with Gasteiger partial charge in [0, 0.05) is 17.8 Å². The van der Waals surface area contributed by atoms with Gasteiger partial charge in [0.15, 0.2) is 10.9 Å². The van der Waals surface area contributed by atoms with Gasteiger partial charge >= 0.3 is 5.69 Å². The number of H-pyrrole nitrogens is 1. The molecule has 0 radical (unpaired) electrons. The second-order valence-corrected chi connectivity index (χ2v) is 11.8. The first-order valence-corrected chi connectivity index (χ1v) is 13.1. The molecule has 0 amide bonds. The third-order valence-corrected chi connectivity index (χ3v) is 6.87. The summed E-state index contributed by atoms with van der Waals surface area (Å²) in [4.78, 5) is 30.5. The molecule has 0 aliphatic carbocycles. The molecule has 35 heavy (non-hydrogen) atoms. The van der Waals surface area contributed by atoms with Crippen LogP contribution < -0.4 is 20.7 Å². The molecule has 0 saturated carbocycles. The van der Waals surface area contributed by atoms with Crippen molar-refractivity contribution in [3.05, 3.63) is 68.7 Å². The molecule has 2 aromatic heterocycles. The standard InChI is InChI=1S/C23H23FN4O5S2/c1-23(2,3)13-11-15(28-9-8-17(29)26-22(28)30)19(24)18(20(13)33-4)12-6-7-14-16(10-12)34-21(25-14)27-35(5,31)32/h6-11H,1-5H3,(H,25,27)(H,26,29,30). The monoisotopic (exact) mass is 518 g/mol. The quantitative estimate of drug-likeness (QED) is 0.416. The predicted molar refractivity (Wildman–Crippen MR) is 135 cm³/mol. The fraction of sp³-hybridized carbons (Fsp3) is 0.261. The number of hydrogen-bond donors (Lipinski definition) is 2.